The number of nitrogens with one attached hydrogen (secondary N) is 1. The molecule has 4 aromatic rings. The SMILES string of the molecule is Cc1c(-c2ccccc2)nc2ccc(Br)cc2c1C(=O)NCC(CCC(=O)O)c1c(Cl)ccc(F)c1F. The van der Waals surface area contributed by atoms with Gasteiger partial charge in [-0.25, -0.2) is 13.8 Å². The molecular weight excluding hydrogens is 566 g/mol. The Morgan fingerprint density at radius 3 is 2.54 bits per heavy atom. The lowest BCUT2D eigenvalue weighted by Crippen LogP contribution is -2.30. The minimum atomic E-state index is -1.15. The van der Waals surface area contributed by atoms with Gasteiger partial charge in [0.05, 0.1) is 16.8 Å². The van der Waals surface area contributed by atoms with E-state index in [0.29, 0.717) is 27.7 Å². The third-order valence-electron chi connectivity index (χ3n) is 6.17. The van der Waals surface area contributed by atoms with E-state index in [9.17, 15) is 23.5 Å². The normalized spacial score (nSPS) is 11.9. The first-order chi connectivity index (χ1) is 17.7. The molecule has 0 aliphatic heterocycles. The molecule has 190 valence electrons. The number of amides is 1. The molecule has 0 aliphatic carbocycles. The van der Waals surface area contributed by atoms with Gasteiger partial charge >= 0.3 is 5.97 Å². The van der Waals surface area contributed by atoms with E-state index in [1.54, 1.807) is 19.1 Å². The van der Waals surface area contributed by atoms with Gasteiger partial charge in [-0.3, -0.25) is 9.59 Å². The number of hydrogen-bond donors (Lipinski definition) is 2. The lowest BCUT2D eigenvalue weighted by atomic mass is 9.92. The monoisotopic (exact) mass is 586 g/mol. The van der Waals surface area contributed by atoms with Crippen molar-refractivity contribution >= 4 is 50.3 Å². The van der Waals surface area contributed by atoms with Crippen LogP contribution in [0.4, 0.5) is 8.78 Å². The van der Waals surface area contributed by atoms with Crippen molar-refractivity contribution < 1.29 is 23.5 Å². The summed E-state index contributed by atoms with van der Waals surface area (Å²) in [4.78, 5) is 29.6. The van der Waals surface area contributed by atoms with E-state index in [0.717, 1.165) is 16.1 Å². The average Bonchev–Trinajstić information content (AvgIpc) is 2.87. The lowest BCUT2D eigenvalue weighted by Gasteiger charge is -2.21. The van der Waals surface area contributed by atoms with Gasteiger partial charge < -0.3 is 10.4 Å². The maximum absolute atomic E-state index is 14.7. The highest BCUT2D eigenvalue weighted by molar-refractivity contribution is 9.10. The number of carboxylic acids is 1. The van der Waals surface area contributed by atoms with Gasteiger partial charge in [0, 0.05) is 44.9 Å². The van der Waals surface area contributed by atoms with Crippen LogP contribution in [0, 0.1) is 18.6 Å². The molecule has 1 amide bonds. The summed E-state index contributed by atoms with van der Waals surface area (Å²) in [6, 6.07) is 17.0. The van der Waals surface area contributed by atoms with E-state index in [2.05, 4.69) is 21.2 Å². The minimum absolute atomic E-state index is 0.0376. The van der Waals surface area contributed by atoms with Crippen LogP contribution in [0.3, 0.4) is 0 Å². The number of fused-ring (bicyclic) bond motifs is 1. The fourth-order valence-corrected chi connectivity index (χ4v) is 5.03. The smallest absolute Gasteiger partial charge is 0.303 e. The summed E-state index contributed by atoms with van der Waals surface area (Å²) in [5, 5.41) is 12.6. The Morgan fingerprint density at radius 2 is 1.84 bits per heavy atom. The van der Waals surface area contributed by atoms with Gasteiger partial charge in [0.25, 0.3) is 5.91 Å². The molecule has 1 aromatic heterocycles. The fourth-order valence-electron chi connectivity index (χ4n) is 4.37. The molecule has 1 unspecified atom stereocenters. The molecule has 0 saturated carbocycles. The topological polar surface area (TPSA) is 79.3 Å². The third kappa shape index (κ3) is 5.81. The number of pyridine rings is 1. The molecule has 0 spiro atoms. The number of benzene rings is 3. The molecule has 5 nitrogen and oxygen atoms in total. The minimum Gasteiger partial charge on any atom is -0.481 e. The summed E-state index contributed by atoms with van der Waals surface area (Å²) in [5.41, 5.74) is 2.96. The predicted octanol–water partition coefficient (Wildman–Crippen LogP) is 7.28. The highest BCUT2D eigenvalue weighted by Crippen LogP contribution is 2.33. The van der Waals surface area contributed by atoms with Crippen molar-refractivity contribution in [3.05, 3.63) is 98.5 Å². The standard InChI is InChI=1S/C28H22BrClF2N2O3/c1-15-24(19-13-18(29)8-11-22(19)34-27(15)16-5-3-2-4-6-16)28(37)33-14-17(7-12-23(35)36)25-20(30)9-10-21(31)26(25)32/h2-6,8-11,13,17H,7,12,14H2,1H3,(H,33,37)(H,35,36). The summed E-state index contributed by atoms with van der Waals surface area (Å²) < 4.78 is 29.5. The number of rotatable bonds is 8. The molecule has 9 heteroatoms. The van der Waals surface area contributed by atoms with Crippen LogP contribution in [0.1, 0.15) is 40.2 Å². The maximum atomic E-state index is 14.7. The highest BCUT2D eigenvalue weighted by atomic mass is 79.9. The summed E-state index contributed by atoms with van der Waals surface area (Å²) in [7, 11) is 0. The zero-order chi connectivity index (χ0) is 26.7. The Hall–Kier alpha value is -3.36. The van der Waals surface area contributed by atoms with Gasteiger partial charge in [-0.05, 0) is 49.2 Å². The summed E-state index contributed by atoms with van der Waals surface area (Å²) in [6.07, 6.45) is -0.359. The molecule has 0 saturated heterocycles. The number of nitrogens with zero attached hydrogens (tertiary/aromatic N) is 1. The Balaban J connectivity index is 1.74. The molecular formula is C28H22BrClF2N2O3. The van der Waals surface area contributed by atoms with Crippen LogP contribution >= 0.6 is 27.5 Å². The van der Waals surface area contributed by atoms with Gasteiger partial charge in [-0.1, -0.05) is 57.9 Å². The van der Waals surface area contributed by atoms with Crippen LogP contribution in [0.15, 0.2) is 65.1 Å². The maximum Gasteiger partial charge on any atom is 0.303 e. The fraction of sp³-hybridized carbons (Fsp3) is 0.179. The molecule has 1 atom stereocenters. The van der Waals surface area contributed by atoms with Crippen LogP contribution in [0.2, 0.25) is 5.02 Å². The average molecular weight is 588 g/mol. The number of aliphatic carboxylic acids is 1. The van der Waals surface area contributed by atoms with E-state index in [-0.39, 0.29) is 30.0 Å². The van der Waals surface area contributed by atoms with Crippen molar-refractivity contribution in [2.24, 2.45) is 0 Å². The predicted molar refractivity (Wildman–Crippen MR) is 143 cm³/mol. The molecule has 37 heavy (non-hydrogen) atoms. The third-order valence-corrected chi connectivity index (χ3v) is 6.99. The zero-order valence-corrected chi connectivity index (χ0v) is 22.0. The van der Waals surface area contributed by atoms with Crippen LogP contribution < -0.4 is 5.32 Å². The number of halogens is 4. The van der Waals surface area contributed by atoms with Crippen LogP contribution in [0.25, 0.3) is 22.2 Å². The molecule has 4 rings (SSSR count). The van der Waals surface area contributed by atoms with Gasteiger partial charge in [0.1, 0.15) is 0 Å². The summed E-state index contributed by atoms with van der Waals surface area (Å²) >= 11 is 9.62. The van der Waals surface area contributed by atoms with Crippen LogP contribution in [-0.2, 0) is 4.79 Å². The van der Waals surface area contributed by atoms with Crippen molar-refractivity contribution in [1.82, 2.24) is 10.3 Å². The van der Waals surface area contributed by atoms with Crippen LogP contribution in [0.5, 0.6) is 0 Å². The first kappa shape index (κ1) is 26.7. The van der Waals surface area contributed by atoms with Gasteiger partial charge in [0.2, 0.25) is 0 Å². The largest absolute Gasteiger partial charge is 0.481 e. The van der Waals surface area contributed by atoms with Gasteiger partial charge in [0.15, 0.2) is 11.6 Å². The first-order valence-electron chi connectivity index (χ1n) is 11.5. The summed E-state index contributed by atoms with van der Waals surface area (Å²) in [6.45, 7) is 1.65. The quantitative estimate of drug-likeness (QED) is 0.212. The van der Waals surface area contributed by atoms with E-state index in [1.165, 1.54) is 6.07 Å². The van der Waals surface area contributed by atoms with E-state index < -0.39 is 29.4 Å². The number of carboxylic acid groups (broad SMARTS) is 1. The summed E-state index contributed by atoms with van der Waals surface area (Å²) in [5.74, 6) is -4.67. The number of hydrogen-bond acceptors (Lipinski definition) is 3. The second-order valence-corrected chi connectivity index (χ2v) is 9.91. The molecule has 2 N–H and O–H groups in total. The molecule has 3 aromatic carbocycles. The van der Waals surface area contributed by atoms with Crippen molar-refractivity contribution in [3.63, 3.8) is 0 Å². The zero-order valence-electron chi connectivity index (χ0n) is 19.7. The Kier molecular flexibility index (Phi) is 8.19. The second-order valence-electron chi connectivity index (χ2n) is 8.58. The van der Waals surface area contributed by atoms with Crippen molar-refractivity contribution in [2.75, 3.05) is 6.54 Å². The van der Waals surface area contributed by atoms with E-state index in [1.807, 2.05) is 36.4 Å². The van der Waals surface area contributed by atoms with Gasteiger partial charge in [-0.15, -0.1) is 0 Å². The Labute approximate surface area is 225 Å². The Bertz CT molecular complexity index is 1500. The number of aromatic nitrogens is 1. The lowest BCUT2D eigenvalue weighted by molar-refractivity contribution is -0.137. The second kappa shape index (κ2) is 11.4. The van der Waals surface area contributed by atoms with Gasteiger partial charge in [-0.2, -0.15) is 0 Å². The highest BCUT2D eigenvalue weighted by Gasteiger charge is 2.25. The van der Waals surface area contributed by atoms with E-state index in [4.69, 9.17) is 16.6 Å². The van der Waals surface area contributed by atoms with Crippen LogP contribution in [-0.4, -0.2) is 28.5 Å². The van der Waals surface area contributed by atoms with Crippen molar-refractivity contribution in [3.8, 4) is 11.3 Å². The molecule has 0 bridgehead atoms. The molecule has 0 fully saturated rings. The number of carbonyl (C=O) groups excluding carboxylic acids is 1. The van der Waals surface area contributed by atoms with Crippen molar-refractivity contribution in [2.45, 2.75) is 25.7 Å². The molecule has 1 heterocycles. The van der Waals surface area contributed by atoms with Crippen molar-refractivity contribution in [1.29, 1.82) is 0 Å². The molecule has 0 radical (unpaired) electrons. The Morgan fingerprint density at radius 1 is 1.11 bits per heavy atom. The molecule has 0 aliphatic rings. The number of carbonyl (C=O) groups is 2. The van der Waals surface area contributed by atoms with E-state index >= 15 is 0 Å². The first-order valence-corrected chi connectivity index (χ1v) is 12.6.